The lowest BCUT2D eigenvalue weighted by molar-refractivity contribution is -0.133. The average Bonchev–Trinajstić information content (AvgIpc) is 3.09. The van der Waals surface area contributed by atoms with Gasteiger partial charge in [0.25, 0.3) is 0 Å². The molecule has 3 rings (SSSR count). The molecular weight excluding hydrogens is 278 g/mol. The lowest BCUT2D eigenvalue weighted by Crippen LogP contribution is -2.47. The summed E-state index contributed by atoms with van der Waals surface area (Å²) in [5.41, 5.74) is 1.12. The van der Waals surface area contributed by atoms with Gasteiger partial charge >= 0.3 is 0 Å². The zero-order valence-corrected chi connectivity index (χ0v) is 12.7. The van der Waals surface area contributed by atoms with E-state index in [9.17, 15) is 4.79 Å². The van der Waals surface area contributed by atoms with E-state index in [4.69, 9.17) is 0 Å². The van der Waals surface area contributed by atoms with E-state index in [-0.39, 0.29) is 6.04 Å². The lowest BCUT2D eigenvalue weighted by Gasteiger charge is -2.32. The summed E-state index contributed by atoms with van der Waals surface area (Å²) in [4.78, 5) is 18.9. The summed E-state index contributed by atoms with van der Waals surface area (Å²) in [6.45, 7) is 3.80. The fourth-order valence-corrected chi connectivity index (χ4v) is 4.58. The molecule has 1 aromatic rings. The molecule has 2 aliphatic heterocycles. The van der Waals surface area contributed by atoms with E-state index < -0.39 is 0 Å². The smallest absolute Gasteiger partial charge is 0.240 e. The Kier molecular flexibility index (Phi) is 4.10. The lowest BCUT2D eigenvalue weighted by atomic mass is 9.97. The second kappa shape index (κ2) is 5.81. The number of thiazole rings is 1. The number of nitrogens with one attached hydrogen (secondary N) is 1. The van der Waals surface area contributed by atoms with Crippen LogP contribution in [0.3, 0.4) is 0 Å². The number of thioether (sulfide) groups is 1. The predicted molar refractivity (Wildman–Crippen MR) is 79.7 cm³/mol. The van der Waals surface area contributed by atoms with Crippen LogP contribution in [0.25, 0.3) is 0 Å². The van der Waals surface area contributed by atoms with E-state index in [0.717, 1.165) is 43.3 Å². The highest BCUT2D eigenvalue weighted by molar-refractivity contribution is 7.99. The second-order valence-electron chi connectivity index (χ2n) is 5.20. The van der Waals surface area contributed by atoms with Crippen molar-refractivity contribution in [2.24, 2.45) is 0 Å². The predicted octanol–water partition coefficient (Wildman–Crippen LogP) is 1.82. The number of rotatable bonds is 2. The topological polar surface area (TPSA) is 45.2 Å². The van der Waals surface area contributed by atoms with Crippen molar-refractivity contribution in [3.63, 3.8) is 0 Å². The van der Waals surface area contributed by atoms with Crippen molar-refractivity contribution in [2.45, 2.75) is 31.7 Å². The van der Waals surface area contributed by atoms with Crippen LogP contribution in [0.5, 0.6) is 0 Å². The van der Waals surface area contributed by atoms with Crippen molar-refractivity contribution in [3.8, 4) is 0 Å². The number of piperidine rings is 1. The number of hydrogen-bond acceptors (Lipinski definition) is 5. The molecule has 2 fully saturated rings. The van der Waals surface area contributed by atoms with Gasteiger partial charge in [-0.15, -0.1) is 23.1 Å². The number of aromatic nitrogens is 1. The summed E-state index contributed by atoms with van der Waals surface area (Å²) >= 11 is 3.57. The van der Waals surface area contributed by atoms with Crippen molar-refractivity contribution >= 4 is 29.0 Å². The van der Waals surface area contributed by atoms with Gasteiger partial charge in [0.15, 0.2) is 0 Å². The minimum Gasteiger partial charge on any atom is -0.341 e. The number of likely N-dealkylation sites (tertiary alicyclic amines) is 1. The molecule has 0 saturated carbocycles. The summed E-state index contributed by atoms with van der Waals surface area (Å²) < 4.78 is 0. The zero-order valence-electron chi connectivity index (χ0n) is 11.1. The van der Waals surface area contributed by atoms with Crippen LogP contribution in [0.2, 0.25) is 0 Å². The summed E-state index contributed by atoms with van der Waals surface area (Å²) in [7, 11) is 0. The van der Waals surface area contributed by atoms with Gasteiger partial charge in [-0.25, -0.2) is 4.98 Å². The van der Waals surface area contributed by atoms with Crippen molar-refractivity contribution < 1.29 is 4.79 Å². The Morgan fingerprint density at radius 2 is 2.26 bits per heavy atom. The van der Waals surface area contributed by atoms with Crippen LogP contribution in [-0.4, -0.2) is 46.6 Å². The molecule has 3 heterocycles. The van der Waals surface area contributed by atoms with Crippen LogP contribution in [0.4, 0.5) is 0 Å². The van der Waals surface area contributed by atoms with E-state index in [1.807, 2.05) is 23.6 Å². The van der Waals surface area contributed by atoms with Gasteiger partial charge in [-0.05, 0) is 19.8 Å². The third-order valence-corrected chi connectivity index (χ3v) is 5.87. The molecular formula is C13H19N3OS2. The summed E-state index contributed by atoms with van der Waals surface area (Å²) in [6, 6.07) is 0.0451. The van der Waals surface area contributed by atoms with Crippen LogP contribution in [0.15, 0.2) is 5.38 Å². The largest absolute Gasteiger partial charge is 0.341 e. The molecule has 1 N–H and O–H groups in total. The van der Waals surface area contributed by atoms with E-state index >= 15 is 0 Å². The molecule has 0 aliphatic carbocycles. The van der Waals surface area contributed by atoms with Crippen LogP contribution < -0.4 is 5.32 Å². The highest BCUT2D eigenvalue weighted by Gasteiger charge is 2.31. The first kappa shape index (κ1) is 13.4. The van der Waals surface area contributed by atoms with Crippen LogP contribution in [0.1, 0.15) is 29.5 Å². The number of aryl methyl sites for hydroxylation is 1. The standard InChI is InChI=1S/C13H19N3OS2/c1-9-6-19-12(15-9)10-2-4-16(5-3-10)13(17)11-7-18-8-14-11/h6,10-11,14H,2-5,7-8H2,1H3/t11-/m1/s1. The maximum atomic E-state index is 12.3. The molecule has 1 atom stereocenters. The van der Waals surface area contributed by atoms with E-state index in [1.165, 1.54) is 5.01 Å². The Hall–Kier alpha value is -0.590. The number of carbonyl (C=O) groups excluding carboxylic acids is 1. The molecule has 0 spiro atoms. The van der Waals surface area contributed by atoms with Gasteiger partial charge in [-0.2, -0.15) is 0 Å². The molecule has 1 amide bonds. The number of amides is 1. The van der Waals surface area contributed by atoms with Crippen molar-refractivity contribution in [3.05, 3.63) is 16.1 Å². The second-order valence-corrected chi connectivity index (χ2v) is 7.12. The quantitative estimate of drug-likeness (QED) is 0.904. The molecule has 0 bridgehead atoms. The third kappa shape index (κ3) is 2.95. The molecule has 0 radical (unpaired) electrons. The highest BCUT2D eigenvalue weighted by Crippen LogP contribution is 2.30. The number of nitrogens with zero attached hydrogens (tertiary/aromatic N) is 2. The Morgan fingerprint density at radius 1 is 1.47 bits per heavy atom. The van der Waals surface area contributed by atoms with Crippen molar-refractivity contribution in [2.75, 3.05) is 24.7 Å². The van der Waals surface area contributed by atoms with Crippen molar-refractivity contribution in [1.29, 1.82) is 0 Å². The summed E-state index contributed by atoms with van der Waals surface area (Å²) in [6.07, 6.45) is 2.11. The van der Waals surface area contributed by atoms with Crippen LogP contribution in [0, 0.1) is 6.92 Å². The Morgan fingerprint density at radius 3 is 2.84 bits per heavy atom. The highest BCUT2D eigenvalue weighted by atomic mass is 32.2. The van der Waals surface area contributed by atoms with E-state index in [1.54, 1.807) is 11.3 Å². The first-order valence-corrected chi connectivity index (χ1v) is 8.79. The summed E-state index contributed by atoms with van der Waals surface area (Å²) in [5.74, 6) is 2.67. The Balaban J connectivity index is 1.55. The molecule has 2 saturated heterocycles. The normalized spacial score (nSPS) is 24.9. The van der Waals surface area contributed by atoms with Gasteiger partial charge in [-0.3, -0.25) is 10.1 Å². The van der Waals surface area contributed by atoms with Gasteiger partial charge in [0, 0.05) is 41.7 Å². The maximum absolute atomic E-state index is 12.3. The van der Waals surface area contributed by atoms with Gasteiger partial charge in [-0.1, -0.05) is 0 Å². The number of hydrogen-bond donors (Lipinski definition) is 1. The van der Waals surface area contributed by atoms with Crippen molar-refractivity contribution in [1.82, 2.24) is 15.2 Å². The van der Waals surface area contributed by atoms with Crippen LogP contribution in [-0.2, 0) is 4.79 Å². The fourth-order valence-electron chi connectivity index (χ4n) is 2.68. The average molecular weight is 297 g/mol. The van der Waals surface area contributed by atoms with Gasteiger partial charge < -0.3 is 4.90 Å². The minimum atomic E-state index is 0.0451. The maximum Gasteiger partial charge on any atom is 0.240 e. The third-order valence-electron chi connectivity index (χ3n) is 3.81. The molecule has 0 aromatic carbocycles. The molecule has 19 heavy (non-hydrogen) atoms. The fraction of sp³-hybridized carbons (Fsp3) is 0.692. The summed E-state index contributed by atoms with van der Waals surface area (Å²) in [5, 5.41) is 6.63. The Bertz CT molecular complexity index is 448. The molecule has 6 heteroatoms. The SMILES string of the molecule is Cc1csc(C2CCN(C(=O)[C@H]3CSCN3)CC2)n1. The van der Waals surface area contributed by atoms with E-state index in [0.29, 0.717) is 11.8 Å². The molecule has 0 unspecified atom stereocenters. The zero-order chi connectivity index (χ0) is 13.2. The molecule has 2 aliphatic rings. The minimum absolute atomic E-state index is 0.0451. The first-order chi connectivity index (χ1) is 9.24. The number of carbonyl (C=O) groups is 1. The molecule has 104 valence electrons. The monoisotopic (exact) mass is 297 g/mol. The van der Waals surface area contributed by atoms with Gasteiger partial charge in [0.2, 0.25) is 5.91 Å². The molecule has 1 aromatic heterocycles. The first-order valence-electron chi connectivity index (χ1n) is 6.76. The van der Waals surface area contributed by atoms with Gasteiger partial charge in [0.1, 0.15) is 0 Å². The Labute approximate surface area is 122 Å². The van der Waals surface area contributed by atoms with E-state index in [2.05, 4.69) is 15.7 Å². The molecule has 4 nitrogen and oxygen atoms in total. The van der Waals surface area contributed by atoms with Gasteiger partial charge in [0.05, 0.1) is 11.0 Å². The van der Waals surface area contributed by atoms with Crippen LogP contribution >= 0.6 is 23.1 Å².